The van der Waals surface area contributed by atoms with Crippen LogP contribution in [0.4, 0.5) is 5.69 Å². The molecule has 0 saturated heterocycles. The minimum atomic E-state index is 0.594. The molecule has 11 heavy (non-hydrogen) atoms. The van der Waals surface area contributed by atoms with Gasteiger partial charge >= 0.3 is 0 Å². The zero-order chi connectivity index (χ0) is 8.27. The largest absolute Gasteiger partial charge is 0.388 e. The number of nitrogens with one attached hydrogen (secondary N) is 1. The molecule has 0 unspecified atom stereocenters. The van der Waals surface area contributed by atoms with Gasteiger partial charge in [0.25, 0.3) is 0 Å². The molecule has 0 fully saturated rings. The average molecular weight is 150 g/mol. The SMILES string of the molecule is CNc1cc(C)ccc1CN. The molecule has 0 bridgehead atoms. The molecule has 60 valence electrons. The van der Waals surface area contributed by atoms with E-state index < -0.39 is 0 Å². The van der Waals surface area contributed by atoms with E-state index >= 15 is 0 Å². The normalized spacial score (nSPS) is 9.73. The molecular weight excluding hydrogens is 136 g/mol. The van der Waals surface area contributed by atoms with Crippen LogP contribution in [0.15, 0.2) is 18.2 Å². The van der Waals surface area contributed by atoms with Crippen molar-refractivity contribution in [1.82, 2.24) is 0 Å². The molecule has 2 nitrogen and oxygen atoms in total. The first-order valence-corrected chi connectivity index (χ1v) is 3.75. The Morgan fingerprint density at radius 1 is 1.45 bits per heavy atom. The fraction of sp³-hybridized carbons (Fsp3) is 0.333. The fourth-order valence-corrected chi connectivity index (χ4v) is 1.10. The van der Waals surface area contributed by atoms with Gasteiger partial charge < -0.3 is 11.1 Å². The van der Waals surface area contributed by atoms with Gasteiger partial charge in [0.1, 0.15) is 0 Å². The summed E-state index contributed by atoms with van der Waals surface area (Å²) in [7, 11) is 1.91. The van der Waals surface area contributed by atoms with E-state index in [1.807, 2.05) is 7.05 Å². The molecule has 1 aromatic rings. The second-order valence-corrected chi connectivity index (χ2v) is 2.61. The van der Waals surface area contributed by atoms with Gasteiger partial charge in [-0.2, -0.15) is 0 Å². The molecular formula is C9H14N2. The van der Waals surface area contributed by atoms with Gasteiger partial charge in [0.05, 0.1) is 0 Å². The van der Waals surface area contributed by atoms with Crippen LogP contribution >= 0.6 is 0 Å². The van der Waals surface area contributed by atoms with Crippen LogP contribution in [-0.2, 0) is 6.54 Å². The maximum atomic E-state index is 5.54. The van der Waals surface area contributed by atoms with Gasteiger partial charge in [-0.05, 0) is 24.1 Å². The summed E-state index contributed by atoms with van der Waals surface area (Å²) in [6, 6.07) is 6.23. The van der Waals surface area contributed by atoms with Gasteiger partial charge in [-0.15, -0.1) is 0 Å². The Labute approximate surface area is 67.4 Å². The molecule has 0 aromatic heterocycles. The maximum Gasteiger partial charge on any atom is 0.0385 e. The summed E-state index contributed by atoms with van der Waals surface area (Å²) in [6.45, 7) is 2.66. The van der Waals surface area contributed by atoms with Crippen LogP contribution in [-0.4, -0.2) is 7.05 Å². The Morgan fingerprint density at radius 3 is 2.73 bits per heavy atom. The van der Waals surface area contributed by atoms with E-state index in [1.54, 1.807) is 0 Å². The fourth-order valence-electron chi connectivity index (χ4n) is 1.10. The third-order valence-corrected chi connectivity index (χ3v) is 1.75. The molecule has 0 atom stereocenters. The van der Waals surface area contributed by atoms with Gasteiger partial charge in [0.15, 0.2) is 0 Å². The highest BCUT2D eigenvalue weighted by molar-refractivity contribution is 5.52. The highest BCUT2D eigenvalue weighted by Crippen LogP contribution is 2.15. The highest BCUT2D eigenvalue weighted by atomic mass is 14.8. The van der Waals surface area contributed by atoms with Gasteiger partial charge in [0.2, 0.25) is 0 Å². The molecule has 2 heteroatoms. The van der Waals surface area contributed by atoms with Gasteiger partial charge in [0, 0.05) is 19.3 Å². The van der Waals surface area contributed by atoms with Crippen LogP contribution in [0.3, 0.4) is 0 Å². The van der Waals surface area contributed by atoms with Crippen molar-refractivity contribution in [3.63, 3.8) is 0 Å². The topological polar surface area (TPSA) is 38.0 Å². The summed E-state index contributed by atoms with van der Waals surface area (Å²) < 4.78 is 0. The van der Waals surface area contributed by atoms with Gasteiger partial charge in [-0.3, -0.25) is 0 Å². The van der Waals surface area contributed by atoms with Crippen LogP contribution in [0.5, 0.6) is 0 Å². The van der Waals surface area contributed by atoms with Crippen molar-refractivity contribution < 1.29 is 0 Å². The lowest BCUT2D eigenvalue weighted by Crippen LogP contribution is -2.01. The molecule has 3 N–H and O–H groups in total. The zero-order valence-corrected chi connectivity index (χ0v) is 7.02. The third kappa shape index (κ3) is 1.71. The molecule has 0 amide bonds. The predicted molar refractivity (Wildman–Crippen MR) is 48.6 cm³/mol. The maximum absolute atomic E-state index is 5.54. The third-order valence-electron chi connectivity index (χ3n) is 1.75. The van der Waals surface area contributed by atoms with Crippen molar-refractivity contribution in [2.45, 2.75) is 13.5 Å². The molecule has 0 aliphatic heterocycles. The van der Waals surface area contributed by atoms with Crippen LogP contribution in [0.2, 0.25) is 0 Å². The number of anilines is 1. The van der Waals surface area contributed by atoms with Crippen molar-refractivity contribution in [2.24, 2.45) is 5.73 Å². The van der Waals surface area contributed by atoms with Crippen LogP contribution < -0.4 is 11.1 Å². The summed E-state index contributed by atoms with van der Waals surface area (Å²) in [5.74, 6) is 0. The molecule has 0 aliphatic rings. The lowest BCUT2D eigenvalue weighted by Gasteiger charge is -2.07. The van der Waals surface area contributed by atoms with E-state index in [0.717, 1.165) is 11.3 Å². The van der Waals surface area contributed by atoms with Crippen molar-refractivity contribution in [3.8, 4) is 0 Å². The van der Waals surface area contributed by atoms with E-state index in [9.17, 15) is 0 Å². The Hall–Kier alpha value is -1.02. The standard InChI is InChI=1S/C9H14N2/c1-7-3-4-8(6-10)9(5-7)11-2/h3-5,11H,6,10H2,1-2H3. The number of nitrogens with two attached hydrogens (primary N) is 1. The first kappa shape index (κ1) is 8.08. The zero-order valence-electron chi connectivity index (χ0n) is 7.02. The Bertz CT molecular complexity index is 243. The summed E-state index contributed by atoms with van der Waals surface area (Å²) in [6.07, 6.45) is 0. The first-order chi connectivity index (χ1) is 5.27. The Kier molecular flexibility index (Phi) is 2.49. The van der Waals surface area contributed by atoms with E-state index in [4.69, 9.17) is 5.73 Å². The number of benzene rings is 1. The number of hydrogen-bond donors (Lipinski definition) is 2. The van der Waals surface area contributed by atoms with Crippen molar-refractivity contribution in [1.29, 1.82) is 0 Å². The van der Waals surface area contributed by atoms with Crippen LogP contribution in [0.25, 0.3) is 0 Å². The van der Waals surface area contributed by atoms with E-state index in [-0.39, 0.29) is 0 Å². The minimum absolute atomic E-state index is 0.594. The monoisotopic (exact) mass is 150 g/mol. The quantitative estimate of drug-likeness (QED) is 0.670. The van der Waals surface area contributed by atoms with Crippen molar-refractivity contribution in [3.05, 3.63) is 29.3 Å². The van der Waals surface area contributed by atoms with E-state index in [2.05, 4.69) is 30.4 Å². The molecule has 0 aliphatic carbocycles. The molecule has 0 saturated carbocycles. The minimum Gasteiger partial charge on any atom is -0.388 e. The van der Waals surface area contributed by atoms with Crippen molar-refractivity contribution in [2.75, 3.05) is 12.4 Å². The Morgan fingerprint density at radius 2 is 2.18 bits per heavy atom. The number of rotatable bonds is 2. The van der Waals surface area contributed by atoms with Crippen LogP contribution in [0, 0.1) is 6.92 Å². The first-order valence-electron chi connectivity index (χ1n) is 3.75. The van der Waals surface area contributed by atoms with E-state index in [1.165, 1.54) is 5.56 Å². The molecule has 0 spiro atoms. The van der Waals surface area contributed by atoms with Crippen molar-refractivity contribution >= 4 is 5.69 Å². The molecule has 0 heterocycles. The second-order valence-electron chi connectivity index (χ2n) is 2.61. The van der Waals surface area contributed by atoms with E-state index in [0.29, 0.717) is 6.54 Å². The predicted octanol–water partition coefficient (Wildman–Crippen LogP) is 1.50. The summed E-state index contributed by atoms with van der Waals surface area (Å²) in [5.41, 5.74) is 9.09. The molecule has 1 aromatic carbocycles. The van der Waals surface area contributed by atoms with Gasteiger partial charge in [-0.1, -0.05) is 12.1 Å². The summed E-state index contributed by atoms with van der Waals surface area (Å²) >= 11 is 0. The lowest BCUT2D eigenvalue weighted by atomic mass is 10.1. The molecule has 1 rings (SSSR count). The van der Waals surface area contributed by atoms with Crippen LogP contribution in [0.1, 0.15) is 11.1 Å². The summed E-state index contributed by atoms with van der Waals surface area (Å²) in [4.78, 5) is 0. The summed E-state index contributed by atoms with van der Waals surface area (Å²) in [5, 5.41) is 3.11. The lowest BCUT2D eigenvalue weighted by molar-refractivity contribution is 1.07. The average Bonchev–Trinajstić information content (AvgIpc) is 2.04. The number of aryl methyl sites for hydroxylation is 1. The highest BCUT2D eigenvalue weighted by Gasteiger charge is 1.96. The second kappa shape index (κ2) is 3.39. The smallest absolute Gasteiger partial charge is 0.0385 e. The Balaban J connectivity index is 3.06. The number of hydrogen-bond acceptors (Lipinski definition) is 2. The van der Waals surface area contributed by atoms with Gasteiger partial charge in [-0.25, -0.2) is 0 Å². The molecule has 0 radical (unpaired) electrons.